The third-order valence-electron chi connectivity index (χ3n) is 3.04. The topological polar surface area (TPSA) is 166 Å². The summed E-state index contributed by atoms with van der Waals surface area (Å²) in [6, 6.07) is 0. The highest BCUT2D eigenvalue weighted by Gasteiger charge is 2.12. The van der Waals surface area contributed by atoms with Gasteiger partial charge < -0.3 is 16.2 Å². The summed E-state index contributed by atoms with van der Waals surface area (Å²) in [7, 11) is 0. The highest BCUT2D eigenvalue weighted by atomic mass is 32.2. The number of hydrogen-bond acceptors (Lipinski definition) is 9. The van der Waals surface area contributed by atoms with E-state index in [4.69, 9.17) is 16.7 Å². The Balaban J connectivity index is 2.69. The van der Waals surface area contributed by atoms with Crippen molar-refractivity contribution in [2.45, 2.75) is 32.6 Å². The van der Waals surface area contributed by atoms with Gasteiger partial charge in [0, 0.05) is 6.54 Å². The van der Waals surface area contributed by atoms with Crippen LogP contribution in [0.4, 0.5) is 17.3 Å². The maximum atomic E-state index is 10.6. The van der Waals surface area contributed by atoms with Crippen molar-refractivity contribution in [2.24, 2.45) is 11.0 Å². The van der Waals surface area contributed by atoms with Crippen LogP contribution in [0.5, 0.6) is 0 Å². The second-order valence-electron chi connectivity index (χ2n) is 5.00. The first-order valence-electron chi connectivity index (χ1n) is 7.53. The molecule has 136 valence electrons. The number of nitrogen functional groups attached to an aromatic ring is 1. The Hall–Kier alpha value is -1.95. The number of aliphatic hydroxyl groups excluding tert-OH is 1. The molecule has 0 aliphatic carbocycles. The number of nitrogens with one attached hydrogen (secondary N) is 1. The largest absolute Gasteiger partial charge is 0.508 e. The van der Waals surface area contributed by atoms with Gasteiger partial charge in [-0.2, -0.15) is 0 Å². The van der Waals surface area contributed by atoms with Gasteiger partial charge in [0.2, 0.25) is 11.3 Å². The van der Waals surface area contributed by atoms with Crippen molar-refractivity contribution in [1.29, 1.82) is 0 Å². The van der Waals surface area contributed by atoms with E-state index in [2.05, 4.69) is 26.4 Å². The Kier molecular flexibility index (Phi) is 9.01. The zero-order valence-electron chi connectivity index (χ0n) is 13.6. The number of hydrogen-bond donors (Lipinski definition) is 5. The molecule has 1 aromatic heterocycles. The summed E-state index contributed by atoms with van der Waals surface area (Å²) in [4.78, 5) is 8.07. The van der Waals surface area contributed by atoms with E-state index in [1.807, 2.05) is 0 Å². The van der Waals surface area contributed by atoms with E-state index < -0.39 is 11.3 Å². The molecule has 10 nitrogen and oxygen atoms in total. The maximum Gasteiger partial charge on any atom is 0.232 e. The van der Waals surface area contributed by atoms with Crippen LogP contribution in [-0.4, -0.2) is 32.4 Å². The normalized spacial score (nSPS) is 12.9. The standard InChI is InChI=1S/C13H25N7O3S/c1-2-3-4-5-6-17-12-11(14)13(19-9-18-12)20(15)7-10(21)8-23-24(16)22/h7,9,21H,2-6,8,14-16H2,1H3,(H,17,18,19)/b10-7-. The van der Waals surface area contributed by atoms with Gasteiger partial charge in [-0.25, -0.2) is 25.2 Å². The van der Waals surface area contributed by atoms with Crippen molar-refractivity contribution in [1.82, 2.24) is 9.97 Å². The van der Waals surface area contributed by atoms with E-state index in [0.717, 1.165) is 30.6 Å². The molecule has 0 amide bonds. The summed E-state index contributed by atoms with van der Waals surface area (Å²) in [6.45, 7) is 2.53. The highest BCUT2D eigenvalue weighted by Crippen LogP contribution is 2.24. The second-order valence-corrected chi connectivity index (χ2v) is 5.75. The van der Waals surface area contributed by atoms with Crippen molar-refractivity contribution in [2.75, 3.05) is 29.2 Å². The van der Waals surface area contributed by atoms with Gasteiger partial charge in [-0.3, -0.25) is 9.19 Å². The average molecular weight is 359 g/mol. The first kappa shape index (κ1) is 20.1. The third kappa shape index (κ3) is 7.08. The molecule has 1 aromatic rings. The van der Waals surface area contributed by atoms with Crippen LogP contribution in [0.3, 0.4) is 0 Å². The maximum absolute atomic E-state index is 10.6. The van der Waals surface area contributed by atoms with Crippen molar-refractivity contribution in [3.05, 3.63) is 18.3 Å². The lowest BCUT2D eigenvalue weighted by atomic mass is 10.2. The summed E-state index contributed by atoms with van der Waals surface area (Å²) in [5.74, 6) is 6.20. The van der Waals surface area contributed by atoms with Gasteiger partial charge in [-0.1, -0.05) is 26.2 Å². The predicted molar refractivity (Wildman–Crippen MR) is 94.7 cm³/mol. The Morgan fingerprint density at radius 1 is 1.46 bits per heavy atom. The summed E-state index contributed by atoms with van der Waals surface area (Å²) in [6.07, 6.45) is 6.94. The van der Waals surface area contributed by atoms with Crippen LogP contribution in [0.2, 0.25) is 0 Å². The quantitative estimate of drug-likeness (QED) is 0.165. The number of nitrogens with two attached hydrogens (primary N) is 3. The van der Waals surface area contributed by atoms with E-state index in [1.165, 1.54) is 19.2 Å². The number of rotatable bonds is 11. The van der Waals surface area contributed by atoms with Crippen LogP contribution in [0, 0.1) is 0 Å². The molecule has 0 saturated heterocycles. The molecule has 1 rings (SSSR count). The zero-order chi connectivity index (χ0) is 17.9. The zero-order valence-corrected chi connectivity index (χ0v) is 14.5. The molecule has 11 heteroatoms. The summed E-state index contributed by atoms with van der Waals surface area (Å²) in [5.41, 5.74) is 6.26. The summed E-state index contributed by atoms with van der Waals surface area (Å²) in [5, 5.41) is 18.7. The smallest absolute Gasteiger partial charge is 0.232 e. The Morgan fingerprint density at radius 3 is 2.88 bits per heavy atom. The third-order valence-corrected chi connectivity index (χ3v) is 3.39. The van der Waals surface area contributed by atoms with Gasteiger partial charge in [0.05, 0.1) is 6.20 Å². The van der Waals surface area contributed by atoms with E-state index in [0.29, 0.717) is 5.82 Å². The van der Waals surface area contributed by atoms with Crippen LogP contribution in [0.15, 0.2) is 18.3 Å². The first-order valence-corrected chi connectivity index (χ1v) is 8.66. The fraction of sp³-hybridized carbons (Fsp3) is 0.538. The lowest BCUT2D eigenvalue weighted by Crippen LogP contribution is -2.28. The van der Waals surface area contributed by atoms with Gasteiger partial charge in [-0.05, 0) is 6.42 Å². The van der Waals surface area contributed by atoms with E-state index >= 15 is 0 Å². The minimum absolute atomic E-state index is 0.210. The Morgan fingerprint density at radius 2 is 2.21 bits per heavy atom. The fourth-order valence-corrected chi connectivity index (χ4v) is 2.11. The number of aliphatic hydroxyl groups is 1. The van der Waals surface area contributed by atoms with Gasteiger partial charge in [0.15, 0.2) is 11.6 Å². The molecular weight excluding hydrogens is 334 g/mol. The molecule has 0 fully saturated rings. The lowest BCUT2D eigenvalue weighted by Gasteiger charge is -2.17. The van der Waals surface area contributed by atoms with E-state index in [1.54, 1.807) is 0 Å². The van der Waals surface area contributed by atoms with Crippen molar-refractivity contribution < 1.29 is 13.5 Å². The lowest BCUT2D eigenvalue weighted by molar-refractivity contribution is 0.287. The molecule has 0 saturated carbocycles. The molecule has 0 radical (unpaired) electrons. The van der Waals surface area contributed by atoms with Gasteiger partial charge in [-0.15, -0.1) is 0 Å². The molecule has 8 N–H and O–H groups in total. The Labute approximate surface area is 143 Å². The predicted octanol–water partition coefficient (Wildman–Crippen LogP) is 0.685. The molecule has 0 spiro atoms. The van der Waals surface area contributed by atoms with E-state index in [-0.39, 0.29) is 23.9 Å². The Bertz CT molecular complexity index is 570. The molecule has 1 atom stereocenters. The molecule has 0 aliphatic heterocycles. The van der Waals surface area contributed by atoms with Gasteiger partial charge >= 0.3 is 0 Å². The van der Waals surface area contributed by atoms with Crippen LogP contribution >= 0.6 is 0 Å². The van der Waals surface area contributed by atoms with Crippen molar-refractivity contribution >= 4 is 28.6 Å². The minimum atomic E-state index is -1.98. The molecule has 0 aromatic carbocycles. The number of aromatic nitrogens is 2. The number of anilines is 3. The van der Waals surface area contributed by atoms with Gasteiger partial charge in [0.25, 0.3) is 0 Å². The molecule has 1 unspecified atom stereocenters. The molecule has 0 aliphatic rings. The number of unbranched alkanes of at least 4 members (excludes halogenated alkanes) is 3. The van der Waals surface area contributed by atoms with Crippen LogP contribution in [0.25, 0.3) is 0 Å². The van der Waals surface area contributed by atoms with Crippen molar-refractivity contribution in [3.63, 3.8) is 0 Å². The molecule has 0 bridgehead atoms. The van der Waals surface area contributed by atoms with Gasteiger partial charge in [0.1, 0.15) is 24.4 Å². The number of hydrazine groups is 1. The molecular formula is C13H25N7O3S. The van der Waals surface area contributed by atoms with Crippen LogP contribution in [0.1, 0.15) is 32.6 Å². The molecule has 24 heavy (non-hydrogen) atoms. The number of nitrogens with zero attached hydrogens (tertiary/aromatic N) is 3. The SMILES string of the molecule is CCCCCCNc1ncnc(N(N)/C=C(\O)COS(N)=O)c1N. The monoisotopic (exact) mass is 359 g/mol. The first-order chi connectivity index (χ1) is 11.5. The van der Waals surface area contributed by atoms with E-state index in [9.17, 15) is 9.32 Å². The fourth-order valence-electron chi connectivity index (χ4n) is 1.87. The average Bonchev–Trinajstić information content (AvgIpc) is 2.54. The minimum Gasteiger partial charge on any atom is -0.508 e. The van der Waals surface area contributed by atoms with Crippen LogP contribution in [-0.2, 0) is 15.4 Å². The summed E-state index contributed by atoms with van der Waals surface area (Å²) >= 11 is -1.98. The van der Waals surface area contributed by atoms with Crippen molar-refractivity contribution in [3.8, 4) is 0 Å². The second kappa shape index (κ2) is 10.8. The van der Waals surface area contributed by atoms with Crippen LogP contribution < -0.4 is 27.0 Å². The summed E-state index contributed by atoms with van der Waals surface area (Å²) < 4.78 is 15.2. The highest BCUT2D eigenvalue weighted by molar-refractivity contribution is 7.77. The molecule has 1 heterocycles.